The molecule has 0 spiro atoms. The Morgan fingerprint density at radius 1 is 1.13 bits per heavy atom. The minimum absolute atomic E-state index is 0.137. The molecule has 3 aromatic rings. The van der Waals surface area contributed by atoms with Crippen molar-refractivity contribution in [3.63, 3.8) is 0 Å². The van der Waals surface area contributed by atoms with Crippen LogP contribution in [-0.2, 0) is 6.54 Å². The van der Waals surface area contributed by atoms with E-state index >= 15 is 0 Å². The third-order valence-electron chi connectivity index (χ3n) is 3.48. The minimum atomic E-state index is -0.137. The first-order valence-corrected chi connectivity index (χ1v) is 7.23. The van der Waals surface area contributed by atoms with E-state index in [-0.39, 0.29) is 5.91 Å². The van der Waals surface area contributed by atoms with Crippen molar-refractivity contribution in [2.45, 2.75) is 6.54 Å². The van der Waals surface area contributed by atoms with Crippen LogP contribution in [0.2, 0.25) is 0 Å². The lowest BCUT2D eigenvalue weighted by Crippen LogP contribution is -2.22. The number of aromatic nitrogens is 3. The molecule has 0 aliphatic rings. The summed E-state index contributed by atoms with van der Waals surface area (Å²) >= 11 is 0. The van der Waals surface area contributed by atoms with Gasteiger partial charge < -0.3 is 10.6 Å². The molecule has 0 radical (unpaired) electrons. The first-order chi connectivity index (χ1) is 11.1. The van der Waals surface area contributed by atoms with Crippen molar-refractivity contribution in [2.24, 2.45) is 5.73 Å². The normalized spacial score (nSPS) is 10.7. The molecule has 3 rings (SSSR count). The predicted octanol–water partition coefficient (Wildman–Crippen LogP) is 1.85. The summed E-state index contributed by atoms with van der Waals surface area (Å²) in [5, 5.41) is 0.937. The van der Waals surface area contributed by atoms with Gasteiger partial charge in [0.15, 0.2) is 0 Å². The van der Waals surface area contributed by atoms with E-state index in [9.17, 15) is 4.79 Å². The number of fused-ring (bicyclic) bond motifs is 1. The summed E-state index contributed by atoms with van der Waals surface area (Å²) in [6.45, 7) is 0.368. The van der Waals surface area contributed by atoms with Gasteiger partial charge in [-0.05, 0) is 30.3 Å². The average Bonchev–Trinajstić information content (AvgIpc) is 2.60. The van der Waals surface area contributed by atoms with Gasteiger partial charge in [-0.3, -0.25) is 9.78 Å². The maximum absolute atomic E-state index is 12.0. The fourth-order valence-electron chi connectivity index (χ4n) is 2.24. The van der Waals surface area contributed by atoms with Crippen molar-refractivity contribution in [1.82, 2.24) is 19.9 Å². The summed E-state index contributed by atoms with van der Waals surface area (Å²) in [6, 6.07) is 11.0. The summed E-state index contributed by atoms with van der Waals surface area (Å²) in [4.78, 5) is 26.8. The van der Waals surface area contributed by atoms with Crippen LogP contribution in [0.3, 0.4) is 0 Å². The van der Waals surface area contributed by atoms with E-state index in [2.05, 4.69) is 15.0 Å². The Balaban J connectivity index is 2.06. The molecular formula is C17H17N5O. The summed E-state index contributed by atoms with van der Waals surface area (Å²) in [5.74, 6) is -0.137. The lowest BCUT2D eigenvalue weighted by molar-refractivity contribution is 0.0822. The third kappa shape index (κ3) is 3.02. The van der Waals surface area contributed by atoms with Crippen LogP contribution in [0.15, 0.2) is 42.6 Å². The minimum Gasteiger partial charge on any atom is -0.343 e. The molecule has 0 saturated heterocycles. The molecule has 3 heterocycles. The van der Waals surface area contributed by atoms with E-state index in [4.69, 9.17) is 5.73 Å². The summed E-state index contributed by atoms with van der Waals surface area (Å²) in [5.41, 5.74) is 8.98. The topological polar surface area (TPSA) is 85.0 Å². The van der Waals surface area contributed by atoms with Crippen molar-refractivity contribution < 1.29 is 4.79 Å². The van der Waals surface area contributed by atoms with Crippen LogP contribution >= 0.6 is 0 Å². The Morgan fingerprint density at radius 3 is 2.65 bits per heavy atom. The van der Waals surface area contributed by atoms with Gasteiger partial charge >= 0.3 is 0 Å². The summed E-state index contributed by atoms with van der Waals surface area (Å²) in [6.07, 6.45) is 1.76. The van der Waals surface area contributed by atoms with Crippen LogP contribution in [0.4, 0.5) is 0 Å². The molecular weight excluding hydrogens is 290 g/mol. The van der Waals surface area contributed by atoms with Crippen LogP contribution in [0.5, 0.6) is 0 Å². The van der Waals surface area contributed by atoms with Crippen molar-refractivity contribution in [3.05, 3.63) is 54.0 Å². The molecule has 0 atom stereocenters. The van der Waals surface area contributed by atoms with Gasteiger partial charge in [0, 0.05) is 32.2 Å². The van der Waals surface area contributed by atoms with Gasteiger partial charge in [-0.1, -0.05) is 6.07 Å². The van der Waals surface area contributed by atoms with Gasteiger partial charge in [0.1, 0.15) is 5.69 Å². The van der Waals surface area contributed by atoms with E-state index in [1.807, 2.05) is 30.3 Å². The van der Waals surface area contributed by atoms with Gasteiger partial charge in [0.25, 0.3) is 5.91 Å². The van der Waals surface area contributed by atoms with E-state index in [0.29, 0.717) is 23.6 Å². The highest BCUT2D eigenvalue weighted by atomic mass is 16.2. The van der Waals surface area contributed by atoms with E-state index in [0.717, 1.165) is 16.6 Å². The molecule has 0 unspecified atom stereocenters. The van der Waals surface area contributed by atoms with Crippen LogP contribution < -0.4 is 5.73 Å². The molecule has 0 bridgehead atoms. The second kappa shape index (κ2) is 6.10. The van der Waals surface area contributed by atoms with Gasteiger partial charge in [0.05, 0.1) is 22.6 Å². The van der Waals surface area contributed by atoms with E-state index < -0.39 is 0 Å². The first kappa shape index (κ1) is 15.1. The molecule has 23 heavy (non-hydrogen) atoms. The van der Waals surface area contributed by atoms with Crippen molar-refractivity contribution >= 4 is 16.8 Å². The monoisotopic (exact) mass is 307 g/mol. The summed E-state index contributed by atoms with van der Waals surface area (Å²) in [7, 11) is 3.40. The predicted molar refractivity (Wildman–Crippen MR) is 88.7 cm³/mol. The SMILES string of the molecule is CN(C)C(=O)c1cccc(-c2ccc3cnc(CN)cc3n2)n1. The largest absolute Gasteiger partial charge is 0.343 e. The van der Waals surface area contributed by atoms with Crippen molar-refractivity contribution in [1.29, 1.82) is 0 Å². The fourth-order valence-corrected chi connectivity index (χ4v) is 2.24. The number of hydrogen-bond donors (Lipinski definition) is 1. The number of carbonyl (C=O) groups excluding carboxylic acids is 1. The lowest BCUT2D eigenvalue weighted by atomic mass is 10.1. The molecule has 6 nitrogen and oxygen atoms in total. The second-order valence-electron chi connectivity index (χ2n) is 5.38. The molecule has 2 N–H and O–H groups in total. The molecule has 0 aliphatic carbocycles. The number of nitrogens with two attached hydrogens (primary N) is 1. The number of hydrogen-bond acceptors (Lipinski definition) is 5. The smallest absolute Gasteiger partial charge is 0.271 e. The molecule has 0 aliphatic heterocycles. The number of rotatable bonds is 3. The number of nitrogens with zero attached hydrogens (tertiary/aromatic N) is 4. The Hall–Kier alpha value is -2.86. The Kier molecular flexibility index (Phi) is 3.99. The van der Waals surface area contributed by atoms with Gasteiger partial charge in [-0.2, -0.15) is 0 Å². The van der Waals surface area contributed by atoms with E-state index in [1.54, 1.807) is 26.4 Å². The molecule has 116 valence electrons. The molecule has 0 aromatic carbocycles. The zero-order valence-electron chi connectivity index (χ0n) is 13.0. The van der Waals surface area contributed by atoms with Crippen molar-refractivity contribution in [2.75, 3.05) is 14.1 Å². The second-order valence-corrected chi connectivity index (χ2v) is 5.38. The third-order valence-corrected chi connectivity index (χ3v) is 3.48. The molecule has 3 aromatic heterocycles. The van der Waals surface area contributed by atoms with Crippen LogP contribution in [0.1, 0.15) is 16.2 Å². The molecule has 6 heteroatoms. The van der Waals surface area contributed by atoms with Crippen LogP contribution in [-0.4, -0.2) is 39.9 Å². The molecule has 0 saturated carbocycles. The Labute approximate surface area is 134 Å². The van der Waals surface area contributed by atoms with Crippen molar-refractivity contribution in [3.8, 4) is 11.4 Å². The summed E-state index contributed by atoms with van der Waals surface area (Å²) < 4.78 is 0. The van der Waals surface area contributed by atoms with Crippen LogP contribution in [0.25, 0.3) is 22.3 Å². The lowest BCUT2D eigenvalue weighted by Gasteiger charge is -2.10. The highest BCUT2D eigenvalue weighted by molar-refractivity contribution is 5.92. The molecule has 0 fully saturated rings. The first-order valence-electron chi connectivity index (χ1n) is 7.23. The highest BCUT2D eigenvalue weighted by Crippen LogP contribution is 2.20. The van der Waals surface area contributed by atoms with Crippen LogP contribution in [0, 0.1) is 0 Å². The standard InChI is InChI=1S/C17H17N5O/c1-22(2)17(23)15-5-3-4-13(20-15)14-7-6-11-10-19-12(9-18)8-16(11)21-14/h3-8,10H,9,18H2,1-2H3. The maximum atomic E-state index is 12.0. The quantitative estimate of drug-likeness (QED) is 0.798. The molecule has 1 amide bonds. The van der Waals surface area contributed by atoms with Gasteiger partial charge in [-0.25, -0.2) is 9.97 Å². The zero-order chi connectivity index (χ0) is 16.4. The van der Waals surface area contributed by atoms with E-state index in [1.165, 1.54) is 4.90 Å². The Bertz CT molecular complexity index is 876. The number of carbonyl (C=O) groups is 1. The van der Waals surface area contributed by atoms with Gasteiger partial charge in [0.2, 0.25) is 0 Å². The van der Waals surface area contributed by atoms with Gasteiger partial charge in [-0.15, -0.1) is 0 Å². The fraction of sp³-hybridized carbons (Fsp3) is 0.176. The zero-order valence-corrected chi connectivity index (χ0v) is 13.0. The average molecular weight is 307 g/mol. The maximum Gasteiger partial charge on any atom is 0.271 e. The number of pyridine rings is 3. The number of amides is 1. The Morgan fingerprint density at radius 2 is 1.91 bits per heavy atom. The highest BCUT2D eigenvalue weighted by Gasteiger charge is 2.11.